The van der Waals surface area contributed by atoms with Crippen LogP contribution in [0.5, 0.6) is 11.5 Å². The lowest BCUT2D eigenvalue weighted by molar-refractivity contribution is 0.0184. The third kappa shape index (κ3) is 4.15. The molecule has 2 heterocycles. The van der Waals surface area contributed by atoms with Crippen LogP contribution in [-0.4, -0.2) is 49.2 Å². The first-order chi connectivity index (χ1) is 13.3. The van der Waals surface area contributed by atoms with Crippen LogP contribution in [-0.2, 0) is 4.74 Å². The van der Waals surface area contributed by atoms with E-state index in [0.29, 0.717) is 11.3 Å². The Morgan fingerprint density at radius 3 is 2.44 bits per heavy atom. The van der Waals surface area contributed by atoms with Gasteiger partial charge in [-0.1, -0.05) is 30.3 Å². The molecule has 0 radical (unpaired) electrons. The van der Waals surface area contributed by atoms with Gasteiger partial charge in [-0.15, -0.1) is 0 Å². The summed E-state index contributed by atoms with van der Waals surface area (Å²) in [7, 11) is 0. The second-order valence-corrected chi connectivity index (χ2v) is 7.11. The van der Waals surface area contributed by atoms with Crippen LogP contribution in [0.3, 0.4) is 0 Å². The molecule has 5 nitrogen and oxygen atoms in total. The van der Waals surface area contributed by atoms with E-state index in [-0.39, 0.29) is 18.0 Å². The second kappa shape index (κ2) is 8.55. The van der Waals surface area contributed by atoms with Gasteiger partial charge in [-0.25, -0.2) is 0 Å². The lowest BCUT2D eigenvalue weighted by Gasteiger charge is -2.38. The summed E-state index contributed by atoms with van der Waals surface area (Å²) in [5.41, 5.74) is 0.625. The Morgan fingerprint density at radius 2 is 1.70 bits per heavy atom. The SMILES string of the molecule is O=C(c1ccccc1Oc1ccccc1)N(C1CCOCC1)[C@H]1CCNC1. The van der Waals surface area contributed by atoms with Crippen LogP contribution in [0.4, 0.5) is 0 Å². The van der Waals surface area contributed by atoms with Crippen molar-refractivity contribution in [3.8, 4) is 11.5 Å². The molecule has 2 aromatic carbocycles. The Morgan fingerprint density at radius 1 is 0.963 bits per heavy atom. The first kappa shape index (κ1) is 18.0. The summed E-state index contributed by atoms with van der Waals surface area (Å²) in [5, 5.41) is 3.40. The Hall–Kier alpha value is -2.37. The van der Waals surface area contributed by atoms with Crippen molar-refractivity contribution in [1.29, 1.82) is 0 Å². The smallest absolute Gasteiger partial charge is 0.258 e. The standard InChI is InChI=1S/C22H26N2O3/c25-22(24(18-10-13-23-16-18)17-11-14-26-15-12-17)20-8-4-5-9-21(20)27-19-6-2-1-3-7-19/h1-9,17-18,23H,10-16H2/t18-/m0/s1. The van der Waals surface area contributed by atoms with Gasteiger partial charge in [-0.05, 0) is 50.1 Å². The molecule has 0 bridgehead atoms. The van der Waals surface area contributed by atoms with Crippen LogP contribution < -0.4 is 10.1 Å². The summed E-state index contributed by atoms with van der Waals surface area (Å²) in [6.45, 7) is 3.25. The molecule has 0 aromatic heterocycles. The highest BCUT2D eigenvalue weighted by Crippen LogP contribution is 2.29. The first-order valence-corrected chi connectivity index (χ1v) is 9.76. The van der Waals surface area contributed by atoms with E-state index in [2.05, 4.69) is 10.2 Å². The number of hydrogen-bond donors (Lipinski definition) is 1. The van der Waals surface area contributed by atoms with Gasteiger partial charge in [0, 0.05) is 31.8 Å². The van der Waals surface area contributed by atoms with E-state index in [1.54, 1.807) is 0 Å². The van der Waals surface area contributed by atoms with Crippen LogP contribution in [0.15, 0.2) is 54.6 Å². The van der Waals surface area contributed by atoms with Crippen molar-refractivity contribution < 1.29 is 14.3 Å². The number of para-hydroxylation sites is 2. The highest BCUT2D eigenvalue weighted by atomic mass is 16.5. The molecule has 0 saturated carbocycles. The highest BCUT2D eigenvalue weighted by Gasteiger charge is 2.35. The molecule has 27 heavy (non-hydrogen) atoms. The van der Waals surface area contributed by atoms with E-state index in [1.165, 1.54) is 0 Å². The average molecular weight is 366 g/mol. The van der Waals surface area contributed by atoms with Gasteiger partial charge in [0.25, 0.3) is 5.91 Å². The predicted molar refractivity (Wildman–Crippen MR) is 104 cm³/mol. The molecule has 2 fully saturated rings. The lowest BCUT2D eigenvalue weighted by Crippen LogP contribution is -2.50. The van der Waals surface area contributed by atoms with Crippen molar-refractivity contribution >= 4 is 5.91 Å². The molecule has 1 N–H and O–H groups in total. The molecular weight excluding hydrogens is 340 g/mol. The van der Waals surface area contributed by atoms with Gasteiger partial charge in [-0.2, -0.15) is 0 Å². The van der Waals surface area contributed by atoms with Crippen LogP contribution >= 0.6 is 0 Å². The Labute approximate surface area is 160 Å². The van der Waals surface area contributed by atoms with Crippen molar-refractivity contribution in [1.82, 2.24) is 10.2 Å². The molecule has 0 spiro atoms. The zero-order valence-electron chi connectivity index (χ0n) is 15.5. The molecular formula is C22H26N2O3. The molecule has 0 unspecified atom stereocenters. The van der Waals surface area contributed by atoms with Crippen molar-refractivity contribution in [2.75, 3.05) is 26.3 Å². The van der Waals surface area contributed by atoms with Gasteiger partial charge in [0.2, 0.25) is 0 Å². The number of carbonyl (C=O) groups is 1. The summed E-state index contributed by atoms with van der Waals surface area (Å²) in [6.07, 6.45) is 2.78. The van der Waals surface area contributed by atoms with Crippen molar-refractivity contribution in [2.24, 2.45) is 0 Å². The third-order valence-corrected chi connectivity index (χ3v) is 5.33. The number of hydrogen-bond acceptors (Lipinski definition) is 4. The normalized spacial score (nSPS) is 20.4. The summed E-state index contributed by atoms with van der Waals surface area (Å²) in [4.78, 5) is 15.7. The number of nitrogens with one attached hydrogen (secondary N) is 1. The fourth-order valence-corrected chi connectivity index (χ4v) is 3.96. The first-order valence-electron chi connectivity index (χ1n) is 9.76. The number of nitrogens with zero attached hydrogens (tertiary/aromatic N) is 1. The summed E-state index contributed by atoms with van der Waals surface area (Å²) >= 11 is 0. The molecule has 2 aliphatic rings. The van der Waals surface area contributed by atoms with Gasteiger partial charge in [0.1, 0.15) is 11.5 Å². The Bertz CT molecular complexity index is 753. The molecule has 2 aliphatic heterocycles. The fourth-order valence-electron chi connectivity index (χ4n) is 3.96. The van der Waals surface area contributed by atoms with E-state index >= 15 is 0 Å². The Balaban J connectivity index is 1.62. The topological polar surface area (TPSA) is 50.8 Å². The maximum atomic E-state index is 13.6. The molecule has 2 saturated heterocycles. The fraction of sp³-hybridized carbons (Fsp3) is 0.409. The number of carbonyl (C=O) groups excluding carboxylic acids is 1. The molecule has 2 aromatic rings. The van der Waals surface area contributed by atoms with E-state index in [0.717, 1.165) is 51.3 Å². The van der Waals surface area contributed by atoms with Crippen molar-refractivity contribution in [3.63, 3.8) is 0 Å². The second-order valence-electron chi connectivity index (χ2n) is 7.11. The lowest BCUT2D eigenvalue weighted by atomic mass is 10.0. The number of rotatable bonds is 5. The summed E-state index contributed by atoms with van der Waals surface area (Å²) in [5.74, 6) is 1.40. The summed E-state index contributed by atoms with van der Waals surface area (Å²) in [6, 6.07) is 17.6. The maximum absolute atomic E-state index is 13.6. The van der Waals surface area contributed by atoms with Gasteiger partial charge in [0.15, 0.2) is 0 Å². The minimum absolute atomic E-state index is 0.0575. The zero-order chi connectivity index (χ0) is 18.5. The molecule has 4 rings (SSSR count). The van der Waals surface area contributed by atoms with E-state index in [9.17, 15) is 4.79 Å². The van der Waals surface area contributed by atoms with Gasteiger partial charge in [-0.3, -0.25) is 4.79 Å². The van der Waals surface area contributed by atoms with Gasteiger partial charge >= 0.3 is 0 Å². The highest BCUT2D eigenvalue weighted by molar-refractivity contribution is 5.97. The largest absolute Gasteiger partial charge is 0.457 e. The monoisotopic (exact) mass is 366 g/mol. The molecule has 142 valence electrons. The van der Waals surface area contributed by atoms with Crippen molar-refractivity contribution in [3.05, 3.63) is 60.2 Å². The molecule has 1 atom stereocenters. The summed E-state index contributed by atoms with van der Waals surface area (Å²) < 4.78 is 11.6. The predicted octanol–water partition coefficient (Wildman–Crippen LogP) is 3.46. The van der Waals surface area contributed by atoms with Crippen LogP contribution in [0.25, 0.3) is 0 Å². The number of amides is 1. The molecule has 5 heteroatoms. The van der Waals surface area contributed by atoms with Crippen LogP contribution in [0.1, 0.15) is 29.6 Å². The van der Waals surface area contributed by atoms with E-state index < -0.39 is 0 Å². The van der Waals surface area contributed by atoms with E-state index in [1.807, 2.05) is 54.6 Å². The van der Waals surface area contributed by atoms with Crippen LogP contribution in [0.2, 0.25) is 0 Å². The maximum Gasteiger partial charge on any atom is 0.258 e. The third-order valence-electron chi connectivity index (χ3n) is 5.33. The van der Waals surface area contributed by atoms with Crippen LogP contribution in [0, 0.1) is 0 Å². The number of benzene rings is 2. The minimum Gasteiger partial charge on any atom is -0.457 e. The number of ether oxygens (including phenoxy) is 2. The average Bonchev–Trinajstić information content (AvgIpc) is 3.24. The van der Waals surface area contributed by atoms with E-state index in [4.69, 9.17) is 9.47 Å². The van der Waals surface area contributed by atoms with Crippen molar-refractivity contribution in [2.45, 2.75) is 31.3 Å². The molecule has 1 amide bonds. The minimum atomic E-state index is 0.0575. The zero-order valence-corrected chi connectivity index (χ0v) is 15.5. The van der Waals surface area contributed by atoms with Gasteiger partial charge in [0.05, 0.1) is 5.56 Å². The molecule has 0 aliphatic carbocycles. The Kier molecular flexibility index (Phi) is 5.70. The quantitative estimate of drug-likeness (QED) is 0.880. The van der Waals surface area contributed by atoms with Gasteiger partial charge < -0.3 is 19.7 Å².